The number of rotatable bonds is 6. The zero-order valence-electron chi connectivity index (χ0n) is 14.0. The van der Waals surface area contributed by atoms with Gasteiger partial charge in [-0.1, -0.05) is 13.3 Å². The fourth-order valence-electron chi connectivity index (χ4n) is 2.67. The fraction of sp³-hybridized carbons (Fsp3) is 0.294. The first kappa shape index (κ1) is 16.7. The van der Waals surface area contributed by atoms with Gasteiger partial charge in [0.2, 0.25) is 0 Å². The van der Waals surface area contributed by atoms with Crippen molar-refractivity contribution in [3.8, 4) is 11.5 Å². The van der Waals surface area contributed by atoms with Crippen LogP contribution in [0.15, 0.2) is 35.2 Å². The minimum atomic E-state index is -0.711. The summed E-state index contributed by atoms with van der Waals surface area (Å²) in [6.45, 7) is 3.99. The lowest BCUT2D eigenvalue weighted by atomic mass is 10.2. The summed E-state index contributed by atoms with van der Waals surface area (Å²) in [5.74, 6) is -0.512. The van der Waals surface area contributed by atoms with Gasteiger partial charge >= 0.3 is 0 Å². The molecule has 8 nitrogen and oxygen atoms in total. The van der Waals surface area contributed by atoms with Crippen LogP contribution in [-0.2, 0) is 0 Å². The molecule has 3 N–H and O–H groups in total. The Hall–Kier alpha value is -3.16. The SMILES string of the molecule is CCCC(C)NC(=O)c1cc(-c2ccco2)nc2c(C(N)=O)ncn12. The third kappa shape index (κ3) is 3.23. The van der Waals surface area contributed by atoms with E-state index in [0.717, 1.165) is 12.8 Å². The summed E-state index contributed by atoms with van der Waals surface area (Å²) in [4.78, 5) is 32.7. The van der Waals surface area contributed by atoms with Gasteiger partial charge in [0.05, 0.1) is 6.26 Å². The number of carbonyl (C=O) groups is 2. The van der Waals surface area contributed by atoms with E-state index in [1.54, 1.807) is 18.2 Å². The van der Waals surface area contributed by atoms with Crippen molar-refractivity contribution in [1.29, 1.82) is 0 Å². The van der Waals surface area contributed by atoms with Gasteiger partial charge in [-0.15, -0.1) is 0 Å². The number of imidazole rings is 1. The molecule has 3 aromatic heterocycles. The van der Waals surface area contributed by atoms with Gasteiger partial charge in [-0.05, 0) is 31.5 Å². The number of carbonyl (C=O) groups excluding carboxylic acids is 2. The fourth-order valence-corrected chi connectivity index (χ4v) is 2.67. The molecule has 0 aromatic carbocycles. The predicted octanol–water partition coefficient (Wildman–Crippen LogP) is 2.01. The Morgan fingerprint density at radius 2 is 2.24 bits per heavy atom. The highest BCUT2D eigenvalue weighted by Gasteiger charge is 2.21. The summed E-state index contributed by atoms with van der Waals surface area (Å²) in [7, 11) is 0. The smallest absolute Gasteiger partial charge is 0.271 e. The van der Waals surface area contributed by atoms with Crippen LogP contribution in [0.25, 0.3) is 17.1 Å². The highest BCUT2D eigenvalue weighted by molar-refractivity contribution is 5.99. The number of nitrogens with zero attached hydrogens (tertiary/aromatic N) is 3. The van der Waals surface area contributed by atoms with E-state index in [-0.39, 0.29) is 23.3 Å². The van der Waals surface area contributed by atoms with Crippen molar-refractivity contribution >= 4 is 17.5 Å². The molecule has 3 rings (SSSR count). The molecule has 0 spiro atoms. The highest BCUT2D eigenvalue weighted by atomic mass is 16.3. The quantitative estimate of drug-likeness (QED) is 0.711. The van der Waals surface area contributed by atoms with Crippen LogP contribution in [0.1, 0.15) is 47.7 Å². The molecule has 0 radical (unpaired) electrons. The third-order valence-corrected chi connectivity index (χ3v) is 3.84. The average molecular weight is 341 g/mol. The number of nitrogens with two attached hydrogens (primary N) is 1. The van der Waals surface area contributed by atoms with Gasteiger partial charge in [0, 0.05) is 6.04 Å². The molecule has 0 aliphatic rings. The first-order valence-corrected chi connectivity index (χ1v) is 8.04. The summed E-state index contributed by atoms with van der Waals surface area (Å²) < 4.78 is 6.82. The second-order valence-electron chi connectivity index (χ2n) is 5.82. The van der Waals surface area contributed by atoms with Crippen molar-refractivity contribution < 1.29 is 14.0 Å². The van der Waals surface area contributed by atoms with Gasteiger partial charge in [-0.3, -0.25) is 14.0 Å². The van der Waals surface area contributed by atoms with Gasteiger partial charge < -0.3 is 15.5 Å². The maximum atomic E-state index is 12.7. The normalized spacial score (nSPS) is 12.2. The van der Waals surface area contributed by atoms with Crippen LogP contribution in [0.3, 0.4) is 0 Å². The molecule has 1 unspecified atom stereocenters. The molecule has 0 aliphatic heterocycles. The Morgan fingerprint density at radius 1 is 1.44 bits per heavy atom. The van der Waals surface area contributed by atoms with Crippen LogP contribution in [0.2, 0.25) is 0 Å². The number of primary amides is 1. The average Bonchev–Trinajstić information content (AvgIpc) is 3.23. The maximum absolute atomic E-state index is 12.7. The first-order chi connectivity index (χ1) is 12.0. The van der Waals surface area contributed by atoms with Crippen LogP contribution in [0, 0.1) is 0 Å². The summed E-state index contributed by atoms with van der Waals surface area (Å²) in [6, 6.07) is 5.06. The topological polar surface area (TPSA) is 116 Å². The number of hydrogen-bond donors (Lipinski definition) is 2. The molecule has 25 heavy (non-hydrogen) atoms. The zero-order chi connectivity index (χ0) is 18.0. The predicted molar refractivity (Wildman–Crippen MR) is 91.0 cm³/mol. The van der Waals surface area contributed by atoms with E-state index in [4.69, 9.17) is 10.2 Å². The van der Waals surface area contributed by atoms with E-state index in [2.05, 4.69) is 22.2 Å². The molecule has 3 heterocycles. The first-order valence-electron chi connectivity index (χ1n) is 8.04. The molecule has 0 aliphatic carbocycles. The number of hydrogen-bond acceptors (Lipinski definition) is 5. The van der Waals surface area contributed by atoms with Crippen molar-refractivity contribution in [3.63, 3.8) is 0 Å². The Bertz CT molecular complexity index is 914. The van der Waals surface area contributed by atoms with E-state index in [1.807, 2.05) is 6.92 Å². The number of nitrogens with one attached hydrogen (secondary N) is 1. The Kier molecular flexibility index (Phi) is 4.51. The van der Waals surface area contributed by atoms with Crippen LogP contribution in [0.5, 0.6) is 0 Å². The molecule has 2 amide bonds. The zero-order valence-corrected chi connectivity index (χ0v) is 14.0. The molecule has 8 heteroatoms. The second-order valence-corrected chi connectivity index (χ2v) is 5.82. The van der Waals surface area contributed by atoms with Gasteiger partial charge in [-0.25, -0.2) is 9.97 Å². The van der Waals surface area contributed by atoms with Crippen LogP contribution >= 0.6 is 0 Å². The lowest BCUT2D eigenvalue weighted by Gasteiger charge is -2.14. The van der Waals surface area contributed by atoms with Crippen LogP contribution in [0.4, 0.5) is 0 Å². The van der Waals surface area contributed by atoms with Gasteiger partial charge in [-0.2, -0.15) is 0 Å². The lowest BCUT2D eigenvalue weighted by molar-refractivity contribution is 0.0930. The van der Waals surface area contributed by atoms with Crippen molar-refractivity contribution in [3.05, 3.63) is 42.2 Å². The number of furan rings is 1. The molecule has 1 atom stereocenters. The van der Waals surface area contributed by atoms with Crippen LogP contribution < -0.4 is 11.1 Å². The van der Waals surface area contributed by atoms with Crippen LogP contribution in [-0.4, -0.2) is 32.2 Å². The molecule has 0 saturated heterocycles. The van der Waals surface area contributed by atoms with Gasteiger partial charge in [0.15, 0.2) is 17.1 Å². The minimum absolute atomic E-state index is 0.00376. The Labute approximate surface area is 144 Å². The maximum Gasteiger partial charge on any atom is 0.271 e. The largest absolute Gasteiger partial charge is 0.463 e. The van der Waals surface area contributed by atoms with Gasteiger partial charge in [0.1, 0.15) is 17.7 Å². The van der Waals surface area contributed by atoms with Crippen molar-refractivity contribution in [2.24, 2.45) is 5.73 Å². The summed E-state index contributed by atoms with van der Waals surface area (Å²) in [5.41, 5.74) is 6.31. The lowest BCUT2D eigenvalue weighted by Crippen LogP contribution is -2.33. The molecular weight excluding hydrogens is 322 g/mol. The molecule has 130 valence electrons. The number of amides is 2. The number of fused-ring (bicyclic) bond motifs is 1. The van der Waals surface area contributed by atoms with Crippen molar-refractivity contribution in [2.75, 3.05) is 0 Å². The molecule has 0 fully saturated rings. The summed E-state index contributed by atoms with van der Waals surface area (Å²) >= 11 is 0. The van der Waals surface area contributed by atoms with Crippen molar-refractivity contribution in [2.45, 2.75) is 32.7 Å². The Morgan fingerprint density at radius 3 is 2.88 bits per heavy atom. The standard InChI is InChI=1S/C17H19N5O3/c1-3-5-10(2)20-17(24)12-8-11(13-6-4-7-25-13)21-16-14(15(18)23)19-9-22(12)16/h4,6-10H,3,5H2,1-2H3,(H2,18,23)(H,20,24). The molecule has 3 aromatic rings. The number of aromatic nitrogens is 3. The second kappa shape index (κ2) is 6.76. The monoisotopic (exact) mass is 341 g/mol. The summed E-state index contributed by atoms with van der Waals surface area (Å²) in [6.07, 6.45) is 4.70. The highest BCUT2D eigenvalue weighted by Crippen LogP contribution is 2.22. The third-order valence-electron chi connectivity index (χ3n) is 3.84. The molecular formula is C17H19N5O3. The van der Waals surface area contributed by atoms with Crippen molar-refractivity contribution in [1.82, 2.24) is 19.7 Å². The van der Waals surface area contributed by atoms with E-state index < -0.39 is 5.91 Å². The molecule has 0 saturated carbocycles. The van der Waals surface area contributed by atoms with Gasteiger partial charge in [0.25, 0.3) is 11.8 Å². The summed E-state index contributed by atoms with van der Waals surface area (Å²) in [5, 5.41) is 2.94. The molecule has 0 bridgehead atoms. The van der Waals surface area contributed by atoms with E-state index in [9.17, 15) is 9.59 Å². The minimum Gasteiger partial charge on any atom is -0.463 e. The van der Waals surface area contributed by atoms with E-state index in [1.165, 1.54) is 17.0 Å². The van der Waals surface area contributed by atoms with E-state index in [0.29, 0.717) is 17.1 Å². The van der Waals surface area contributed by atoms with E-state index >= 15 is 0 Å². The Balaban J connectivity index is 2.12.